The van der Waals surface area contributed by atoms with Crippen LogP contribution in [0.25, 0.3) is 0 Å². The van der Waals surface area contributed by atoms with Gasteiger partial charge in [0.05, 0.1) is 17.1 Å². The van der Waals surface area contributed by atoms with Crippen LogP contribution in [0.3, 0.4) is 0 Å². The zero-order valence-electron chi connectivity index (χ0n) is 13.5. The van der Waals surface area contributed by atoms with E-state index in [0.717, 1.165) is 5.01 Å². The van der Waals surface area contributed by atoms with Crippen LogP contribution >= 0.6 is 11.3 Å². The Morgan fingerprint density at radius 1 is 1.38 bits per heavy atom. The lowest BCUT2D eigenvalue weighted by Gasteiger charge is -2.16. The molecule has 1 unspecified atom stereocenters. The second-order valence-electron chi connectivity index (χ2n) is 5.36. The van der Waals surface area contributed by atoms with Crippen molar-refractivity contribution in [2.75, 3.05) is 0 Å². The summed E-state index contributed by atoms with van der Waals surface area (Å²) in [5.41, 5.74) is 0.698. The summed E-state index contributed by atoms with van der Waals surface area (Å²) in [7, 11) is 0. The molecule has 6 nitrogen and oxygen atoms in total. The van der Waals surface area contributed by atoms with Crippen LogP contribution in [0, 0.1) is 6.92 Å². The van der Waals surface area contributed by atoms with Gasteiger partial charge in [-0.1, -0.05) is 6.07 Å². The molecule has 0 saturated carbocycles. The van der Waals surface area contributed by atoms with E-state index in [1.165, 1.54) is 29.5 Å². The lowest BCUT2D eigenvalue weighted by atomic mass is 10.1. The number of carboxylic acids is 1. The molecule has 1 atom stereocenters. The summed E-state index contributed by atoms with van der Waals surface area (Å²) >= 11 is 1.46. The average Bonchev–Trinajstić information content (AvgIpc) is 2.96. The molecule has 0 bridgehead atoms. The molecule has 2 N–H and O–H groups in total. The Balaban J connectivity index is 2.03. The number of hydrogen-bond acceptors (Lipinski definition) is 5. The van der Waals surface area contributed by atoms with Crippen molar-refractivity contribution in [3.05, 3.63) is 45.9 Å². The zero-order valence-corrected chi connectivity index (χ0v) is 14.4. The van der Waals surface area contributed by atoms with E-state index in [1.807, 2.05) is 17.6 Å². The number of aliphatic carboxylic acids is 1. The summed E-state index contributed by atoms with van der Waals surface area (Å²) in [4.78, 5) is 27.2. The fraction of sp³-hybridized carbons (Fsp3) is 0.312. The minimum absolute atomic E-state index is 0.00890. The Kier molecular flexibility index (Phi) is 6.19. The summed E-state index contributed by atoms with van der Waals surface area (Å²) in [6, 6.07) is 3.66. The minimum Gasteiger partial charge on any atom is -0.487 e. The molecule has 0 saturated heterocycles. The third-order valence-corrected chi connectivity index (χ3v) is 4.01. The first-order valence-corrected chi connectivity index (χ1v) is 8.26. The smallest absolute Gasteiger partial charge is 0.391 e. The highest BCUT2D eigenvalue weighted by Gasteiger charge is 2.36. The van der Waals surface area contributed by atoms with Crippen molar-refractivity contribution in [3.8, 4) is 5.75 Å². The molecule has 0 aliphatic rings. The molecule has 0 spiro atoms. The SMILES string of the molecule is Cc1nc(COc2cccc(C(=O)NC(CC(F)(F)F)C(=O)O)c2)cs1. The van der Waals surface area contributed by atoms with Crippen LogP contribution in [-0.2, 0) is 11.4 Å². The van der Waals surface area contributed by atoms with Crippen LogP contribution in [-0.4, -0.2) is 34.2 Å². The number of carbonyl (C=O) groups is 2. The molecule has 0 aliphatic heterocycles. The molecular formula is C16H15F3N2O4S. The van der Waals surface area contributed by atoms with Crippen molar-refractivity contribution in [3.63, 3.8) is 0 Å². The van der Waals surface area contributed by atoms with Crippen molar-refractivity contribution >= 4 is 23.2 Å². The van der Waals surface area contributed by atoms with Gasteiger partial charge in [0.15, 0.2) is 0 Å². The van der Waals surface area contributed by atoms with Crippen molar-refractivity contribution < 1.29 is 32.6 Å². The Morgan fingerprint density at radius 3 is 2.69 bits per heavy atom. The fourth-order valence-corrected chi connectivity index (χ4v) is 2.63. The Hall–Kier alpha value is -2.62. The number of nitrogens with zero attached hydrogens (tertiary/aromatic N) is 1. The van der Waals surface area contributed by atoms with Gasteiger partial charge in [-0.2, -0.15) is 13.2 Å². The van der Waals surface area contributed by atoms with Crippen molar-refractivity contribution in [2.45, 2.75) is 32.2 Å². The molecule has 26 heavy (non-hydrogen) atoms. The Bertz CT molecular complexity index is 792. The number of aromatic nitrogens is 1. The average molecular weight is 388 g/mol. The van der Waals surface area contributed by atoms with E-state index < -0.39 is 30.5 Å². The molecule has 140 valence electrons. The quantitative estimate of drug-likeness (QED) is 0.761. The lowest BCUT2D eigenvalue weighted by molar-refractivity contribution is -0.157. The lowest BCUT2D eigenvalue weighted by Crippen LogP contribution is -2.43. The van der Waals surface area contributed by atoms with Gasteiger partial charge in [-0.25, -0.2) is 9.78 Å². The molecule has 0 aliphatic carbocycles. The number of nitrogens with one attached hydrogen (secondary N) is 1. The molecule has 0 radical (unpaired) electrons. The summed E-state index contributed by atoms with van der Waals surface area (Å²) in [6.07, 6.45) is -6.37. The van der Waals surface area contributed by atoms with Crippen LogP contribution in [0.5, 0.6) is 5.75 Å². The van der Waals surface area contributed by atoms with E-state index in [4.69, 9.17) is 9.84 Å². The summed E-state index contributed by atoms with van der Waals surface area (Å²) in [5, 5.41) is 13.4. The van der Waals surface area contributed by atoms with Gasteiger partial charge in [0.25, 0.3) is 5.91 Å². The van der Waals surface area contributed by atoms with Gasteiger partial charge in [0.2, 0.25) is 0 Å². The molecule has 0 fully saturated rings. The summed E-state index contributed by atoms with van der Waals surface area (Å²) in [5.74, 6) is -2.38. The van der Waals surface area contributed by atoms with E-state index in [2.05, 4.69) is 4.98 Å². The predicted octanol–water partition coefficient (Wildman–Crippen LogP) is 3.17. The Morgan fingerprint density at radius 2 is 2.12 bits per heavy atom. The highest BCUT2D eigenvalue weighted by Crippen LogP contribution is 2.22. The molecule has 1 aromatic carbocycles. The number of rotatable bonds is 7. The van der Waals surface area contributed by atoms with E-state index in [0.29, 0.717) is 11.4 Å². The number of hydrogen-bond donors (Lipinski definition) is 2. The minimum atomic E-state index is -4.72. The predicted molar refractivity (Wildman–Crippen MR) is 87.2 cm³/mol. The van der Waals surface area contributed by atoms with Crippen LogP contribution in [0.4, 0.5) is 13.2 Å². The van der Waals surface area contributed by atoms with Gasteiger partial charge in [0, 0.05) is 10.9 Å². The first-order chi connectivity index (χ1) is 12.1. The standard InChI is InChI=1S/C16H15F3N2O4S/c1-9-20-11(8-26-9)7-25-12-4-2-3-10(5-12)14(22)21-13(15(23)24)6-16(17,18)19/h2-5,8,13H,6-7H2,1H3,(H,21,22)(H,23,24). The monoisotopic (exact) mass is 388 g/mol. The largest absolute Gasteiger partial charge is 0.487 e. The van der Waals surface area contributed by atoms with Crippen molar-refractivity contribution in [1.82, 2.24) is 10.3 Å². The van der Waals surface area contributed by atoms with Crippen LogP contribution in [0.2, 0.25) is 0 Å². The van der Waals surface area contributed by atoms with Gasteiger partial charge in [-0.15, -0.1) is 11.3 Å². The maximum Gasteiger partial charge on any atom is 0.391 e. The van der Waals surface area contributed by atoms with Gasteiger partial charge >= 0.3 is 12.1 Å². The zero-order chi connectivity index (χ0) is 19.3. The van der Waals surface area contributed by atoms with Crippen molar-refractivity contribution in [2.24, 2.45) is 0 Å². The molecule has 2 aromatic rings. The second kappa shape index (κ2) is 8.17. The number of alkyl halides is 3. The van der Waals surface area contributed by atoms with Gasteiger partial charge in [0.1, 0.15) is 18.4 Å². The summed E-state index contributed by atoms with van der Waals surface area (Å²) in [6.45, 7) is 2.01. The van der Waals surface area contributed by atoms with E-state index in [9.17, 15) is 22.8 Å². The third kappa shape index (κ3) is 6.03. The maximum atomic E-state index is 12.4. The van der Waals surface area contributed by atoms with Gasteiger partial charge in [-0.05, 0) is 25.1 Å². The number of carboxylic acid groups (broad SMARTS) is 1. The number of carbonyl (C=O) groups excluding carboxylic acids is 1. The maximum absolute atomic E-state index is 12.4. The van der Waals surface area contributed by atoms with E-state index >= 15 is 0 Å². The Labute approximate surface area is 150 Å². The molecular weight excluding hydrogens is 373 g/mol. The van der Waals surface area contributed by atoms with Crippen LogP contribution < -0.4 is 10.1 Å². The molecule has 10 heteroatoms. The normalized spacial score (nSPS) is 12.5. The van der Waals surface area contributed by atoms with E-state index in [-0.39, 0.29) is 12.2 Å². The van der Waals surface area contributed by atoms with Crippen molar-refractivity contribution in [1.29, 1.82) is 0 Å². The third-order valence-electron chi connectivity index (χ3n) is 3.19. The summed E-state index contributed by atoms with van der Waals surface area (Å²) < 4.78 is 42.7. The number of halogens is 3. The number of benzene rings is 1. The molecule has 2 rings (SSSR count). The topological polar surface area (TPSA) is 88.5 Å². The number of ether oxygens (including phenoxy) is 1. The highest BCUT2D eigenvalue weighted by atomic mass is 32.1. The van der Waals surface area contributed by atoms with Crippen LogP contribution in [0.15, 0.2) is 29.6 Å². The van der Waals surface area contributed by atoms with Gasteiger partial charge < -0.3 is 15.2 Å². The number of amides is 1. The second-order valence-corrected chi connectivity index (χ2v) is 6.42. The number of aryl methyl sites for hydroxylation is 1. The first-order valence-electron chi connectivity index (χ1n) is 7.38. The van der Waals surface area contributed by atoms with E-state index in [1.54, 1.807) is 6.07 Å². The fourth-order valence-electron chi connectivity index (χ4n) is 2.03. The van der Waals surface area contributed by atoms with Crippen LogP contribution in [0.1, 0.15) is 27.5 Å². The molecule has 1 aromatic heterocycles. The highest BCUT2D eigenvalue weighted by molar-refractivity contribution is 7.09. The molecule has 1 amide bonds. The molecule has 1 heterocycles. The first kappa shape index (κ1) is 19.7. The van der Waals surface area contributed by atoms with Gasteiger partial charge in [-0.3, -0.25) is 4.79 Å². The number of thiazole rings is 1.